The van der Waals surface area contributed by atoms with Crippen LogP contribution in [0.25, 0.3) is 0 Å². The van der Waals surface area contributed by atoms with Crippen molar-refractivity contribution in [1.82, 2.24) is 15.1 Å². The van der Waals surface area contributed by atoms with Gasteiger partial charge in [-0.2, -0.15) is 0 Å². The summed E-state index contributed by atoms with van der Waals surface area (Å²) in [4.78, 5) is 41.8. The van der Waals surface area contributed by atoms with Crippen LogP contribution in [0.5, 0.6) is 11.5 Å². The Morgan fingerprint density at radius 3 is 2.81 bits per heavy atom. The van der Waals surface area contributed by atoms with Gasteiger partial charge in [0.05, 0.1) is 6.04 Å². The van der Waals surface area contributed by atoms with Gasteiger partial charge in [-0.05, 0) is 55.0 Å². The summed E-state index contributed by atoms with van der Waals surface area (Å²) in [6.07, 6.45) is 2.84. The summed E-state index contributed by atoms with van der Waals surface area (Å²) in [5.41, 5.74) is 1.67. The molecule has 5 rings (SSSR count). The number of hydrogen-bond donors (Lipinski definition) is 1. The Labute approximate surface area is 186 Å². The number of benzene rings is 2. The van der Waals surface area contributed by atoms with E-state index in [9.17, 15) is 14.4 Å². The fourth-order valence-corrected chi connectivity index (χ4v) is 4.79. The molecule has 2 aromatic carbocycles. The Balaban J connectivity index is 1.34. The van der Waals surface area contributed by atoms with Crippen molar-refractivity contribution in [2.45, 2.75) is 37.8 Å². The highest BCUT2D eigenvalue weighted by Gasteiger charge is 2.50. The van der Waals surface area contributed by atoms with Gasteiger partial charge in [0.1, 0.15) is 12.1 Å². The van der Waals surface area contributed by atoms with E-state index in [2.05, 4.69) is 11.4 Å². The lowest BCUT2D eigenvalue weighted by Crippen LogP contribution is -2.44. The van der Waals surface area contributed by atoms with Crippen LogP contribution in [0.1, 0.15) is 42.5 Å². The number of ether oxygens (including phenoxy) is 2. The first-order valence-electron chi connectivity index (χ1n) is 10.8. The van der Waals surface area contributed by atoms with Crippen LogP contribution < -0.4 is 14.8 Å². The van der Waals surface area contributed by atoms with E-state index in [1.54, 1.807) is 37.1 Å². The summed E-state index contributed by atoms with van der Waals surface area (Å²) in [5.74, 6) is 0.379. The molecule has 4 amide bonds. The molecule has 1 N–H and O–H groups in total. The minimum absolute atomic E-state index is 0.0616. The molecule has 8 nitrogen and oxygen atoms in total. The van der Waals surface area contributed by atoms with Gasteiger partial charge in [-0.15, -0.1) is 0 Å². The number of urea groups is 1. The van der Waals surface area contributed by atoms with Crippen molar-refractivity contribution in [3.05, 3.63) is 59.2 Å². The SMILES string of the molecule is CN(C(=O)CN1C(=O)N[C@@](C)(c2ccc3c(c2)OCO3)C1=O)[C@H]1CCCc2ccccc21. The third-order valence-corrected chi connectivity index (χ3v) is 6.72. The summed E-state index contributed by atoms with van der Waals surface area (Å²) in [6, 6.07) is 12.6. The number of carbonyl (C=O) groups excluding carboxylic acids is 3. The van der Waals surface area contributed by atoms with E-state index in [1.807, 2.05) is 18.2 Å². The topological polar surface area (TPSA) is 88.2 Å². The van der Waals surface area contributed by atoms with E-state index in [0.29, 0.717) is 17.1 Å². The van der Waals surface area contributed by atoms with Gasteiger partial charge < -0.3 is 19.7 Å². The molecule has 0 radical (unpaired) electrons. The van der Waals surface area contributed by atoms with Crippen molar-refractivity contribution in [3.63, 3.8) is 0 Å². The Bertz CT molecular complexity index is 1120. The fraction of sp³-hybridized carbons (Fsp3) is 0.375. The van der Waals surface area contributed by atoms with E-state index >= 15 is 0 Å². The molecule has 0 bridgehead atoms. The molecule has 2 aliphatic heterocycles. The fourth-order valence-electron chi connectivity index (χ4n) is 4.79. The number of nitrogens with one attached hydrogen (secondary N) is 1. The van der Waals surface area contributed by atoms with Crippen molar-refractivity contribution < 1.29 is 23.9 Å². The molecule has 0 spiro atoms. The van der Waals surface area contributed by atoms with Crippen molar-refractivity contribution in [3.8, 4) is 11.5 Å². The van der Waals surface area contributed by atoms with Gasteiger partial charge in [0.15, 0.2) is 11.5 Å². The average Bonchev–Trinajstić information content (AvgIpc) is 3.36. The highest BCUT2D eigenvalue weighted by molar-refractivity contribution is 6.09. The Hall–Kier alpha value is -3.55. The third kappa shape index (κ3) is 3.18. The van der Waals surface area contributed by atoms with E-state index < -0.39 is 17.5 Å². The van der Waals surface area contributed by atoms with Gasteiger partial charge in [-0.1, -0.05) is 30.3 Å². The van der Waals surface area contributed by atoms with Crippen molar-refractivity contribution in [1.29, 1.82) is 0 Å². The first kappa shape index (κ1) is 20.4. The maximum absolute atomic E-state index is 13.3. The number of rotatable bonds is 4. The number of likely N-dealkylation sites (N-methyl/N-ethyl adjacent to an activating group) is 1. The second kappa shape index (κ2) is 7.55. The normalized spacial score (nSPS) is 23.7. The van der Waals surface area contributed by atoms with Crippen molar-refractivity contribution >= 4 is 17.8 Å². The standard InChI is InChI=1S/C24H25N3O5/c1-24(16-10-11-19-20(12-16)32-14-31-19)22(29)27(23(30)25-24)13-21(28)26(2)18-9-5-7-15-6-3-4-8-17(15)18/h3-4,6,8,10-12,18H,5,7,9,13-14H2,1-2H3,(H,25,30)/t18-,24-/m0/s1. The molecule has 0 saturated carbocycles. The van der Waals surface area contributed by atoms with Crippen LogP contribution in [0.15, 0.2) is 42.5 Å². The maximum Gasteiger partial charge on any atom is 0.325 e. The number of carbonyl (C=O) groups is 3. The zero-order valence-corrected chi connectivity index (χ0v) is 18.1. The Morgan fingerprint density at radius 2 is 1.97 bits per heavy atom. The number of hydrogen-bond acceptors (Lipinski definition) is 5. The number of fused-ring (bicyclic) bond motifs is 2. The van der Waals surface area contributed by atoms with Gasteiger partial charge in [0.2, 0.25) is 12.7 Å². The predicted octanol–water partition coefficient (Wildman–Crippen LogP) is 2.72. The highest BCUT2D eigenvalue weighted by atomic mass is 16.7. The molecular formula is C24H25N3O5. The van der Waals surface area contributed by atoms with Crippen LogP contribution >= 0.6 is 0 Å². The zero-order valence-electron chi connectivity index (χ0n) is 18.1. The summed E-state index contributed by atoms with van der Waals surface area (Å²) in [6.45, 7) is 1.45. The molecule has 1 aliphatic carbocycles. The smallest absolute Gasteiger partial charge is 0.325 e. The van der Waals surface area contributed by atoms with Crippen molar-refractivity contribution in [2.75, 3.05) is 20.4 Å². The van der Waals surface area contributed by atoms with Crippen LogP contribution in [0.2, 0.25) is 0 Å². The minimum atomic E-state index is -1.28. The van der Waals surface area contributed by atoms with Crippen LogP contribution in [0, 0.1) is 0 Å². The minimum Gasteiger partial charge on any atom is -0.454 e. The maximum atomic E-state index is 13.3. The van der Waals surface area contributed by atoms with Gasteiger partial charge in [0.25, 0.3) is 5.91 Å². The molecule has 32 heavy (non-hydrogen) atoms. The van der Waals surface area contributed by atoms with E-state index in [0.717, 1.165) is 29.7 Å². The molecule has 1 fully saturated rings. The van der Waals surface area contributed by atoms with Gasteiger partial charge >= 0.3 is 6.03 Å². The number of amides is 4. The summed E-state index contributed by atoms with van der Waals surface area (Å²) in [7, 11) is 1.74. The monoisotopic (exact) mass is 435 g/mol. The first-order chi connectivity index (χ1) is 15.4. The molecule has 166 valence electrons. The molecule has 2 atom stereocenters. The Morgan fingerprint density at radius 1 is 1.19 bits per heavy atom. The molecule has 0 aromatic heterocycles. The molecule has 0 unspecified atom stereocenters. The van der Waals surface area contributed by atoms with Crippen LogP contribution in [0.3, 0.4) is 0 Å². The average molecular weight is 435 g/mol. The number of imide groups is 1. The highest BCUT2D eigenvalue weighted by Crippen LogP contribution is 2.38. The van der Waals surface area contributed by atoms with E-state index in [1.165, 1.54) is 5.56 Å². The number of nitrogens with zero attached hydrogens (tertiary/aromatic N) is 2. The largest absolute Gasteiger partial charge is 0.454 e. The first-order valence-corrected chi connectivity index (χ1v) is 10.8. The quantitative estimate of drug-likeness (QED) is 0.746. The van der Waals surface area contributed by atoms with Gasteiger partial charge in [-0.25, -0.2) is 4.79 Å². The predicted molar refractivity (Wildman–Crippen MR) is 115 cm³/mol. The summed E-state index contributed by atoms with van der Waals surface area (Å²) >= 11 is 0. The van der Waals surface area contributed by atoms with Crippen LogP contribution in [-0.4, -0.2) is 48.0 Å². The molecule has 8 heteroatoms. The lowest BCUT2D eigenvalue weighted by atomic mass is 9.87. The van der Waals surface area contributed by atoms with Crippen molar-refractivity contribution in [2.24, 2.45) is 0 Å². The van der Waals surface area contributed by atoms with Gasteiger partial charge in [0, 0.05) is 7.05 Å². The molecule has 1 saturated heterocycles. The van der Waals surface area contributed by atoms with Crippen LogP contribution in [-0.2, 0) is 21.5 Å². The van der Waals surface area contributed by atoms with E-state index in [-0.39, 0.29) is 25.3 Å². The Kier molecular flexibility index (Phi) is 4.80. The number of aryl methyl sites for hydroxylation is 1. The zero-order chi connectivity index (χ0) is 22.5. The second-order valence-electron chi connectivity index (χ2n) is 8.63. The molecular weight excluding hydrogens is 410 g/mol. The summed E-state index contributed by atoms with van der Waals surface area (Å²) < 4.78 is 10.7. The summed E-state index contributed by atoms with van der Waals surface area (Å²) in [5, 5.41) is 2.75. The lowest BCUT2D eigenvalue weighted by molar-refractivity contribution is -0.139. The molecule has 3 aliphatic rings. The lowest BCUT2D eigenvalue weighted by Gasteiger charge is -2.34. The second-order valence-corrected chi connectivity index (χ2v) is 8.63. The van der Waals surface area contributed by atoms with Gasteiger partial charge in [-0.3, -0.25) is 14.5 Å². The van der Waals surface area contributed by atoms with Crippen LogP contribution in [0.4, 0.5) is 4.79 Å². The molecule has 2 aromatic rings. The van der Waals surface area contributed by atoms with E-state index in [4.69, 9.17) is 9.47 Å². The third-order valence-electron chi connectivity index (χ3n) is 6.72. The molecule has 2 heterocycles.